The summed E-state index contributed by atoms with van der Waals surface area (Å²) in [5.74, 6) is -1.64. The molecule has 3 aromatic heterocycles. The van der Waals surface area contributed by atoms with Gasteiger partial charge in [-0.1, -0.05) is 6.92 Å². The van der Waals surface area contributed by atoms with Gasteiger partial charge in [0.25, 0.3) is 0 Å². The molecule has 0 radical (unpaired) electrons. The molecular formula is C20H18F6N6O3S. The number of rotatable bonds is 4. The summed E-state index contributed by atoms with van der Waals surface area (Å²) in [5, 5.41) is 0. The summed E-state index contributed by atoms with van der Waals surface area (Å²) >= 11 is 0. The molecule has 0 saturated carbocycles. The van der Waals surface area contributed by atoms with Crippen molar-refractivity contribution >= 4 is 31.8 Å². The molecule has 0 bridgehead atoms. The van der Waals surface area contributed by atoms with Gasteiger partial charge in [0.2, 0.25) is 5.82 Å². The molecule has 194 valence electrons. The highest BCUT2D eigenvalue weighted by Gasteiger charge is 2.38. The van der Waals surface area contributed by atoms with Crippen LogP contribution < -0.4 is 10.4 Å². The maximum absolute atomic E-state index is 13.5. The van der Waals surface area contributed by atoms with Crippen molar-refractivity contribution in [1.29, 1.82) is 4.78 Å². The molecule has 0 saturated heterocycles. The molecule has 3 heterocycles. The van der Waals surface area contributed by atoms with Crippen molar-refractivity contribution in [2.45, 2.75) is 24.2 Å². The monoisotopic (exact) mass is 536 g/mol. The Kier molecular flexibility index (Phi) is 5.66. The first-order valence-corrected chi connectivity index (χ1v) is 11.8. The summed E-state index contributed by atoms with van der Waals surface area (Å²) in [5.41, 5.74) is -3.65. The van der Waals surface area contributed by atoms with E-state index in [-0.39, 0.29) is 48.8 Å². The Bertz CT molecular complexity index is 1700. The van der Waals surface area contributed by atoms with Crippen molar-refractivity contribution in [3.8, 4) is 11.4 Å². The SMILES string of the molecule is CCS(=N)(=O)c1cc2c(cc1-c1nc3cc(C(F)(F)F)n(OC)c(=O)c3n1C)nc(C(F)(F)F)n2C. The molecule has 4 rings (SSSR count). The van der Waals surface area contributed by atoms with Gasteiger partial charge in [-0.2, -0.15) is 26.3 Å². The second-order valence-electron chi connectivity index (χ2n) is 7.83. The van der Waals surface area contributed by atoms with Crippen LogP contribution in [0.2, 0.25) is 0 Å². The Balaban J connectivity index is 2.14. The number of alkyl halides is 6. The Hall–Kier alpha value is -3.56. The number of nitrogens with one attached hydrogen (secondary N) is 1. The quantitative estimate of drug-likeness (QED) is 0.399. The summed E-state index contributed by atoms with van der Waals surface area (Å²) in [7, 11) is -0.300. The molecule has 1 N–H and O–H groups in total. The summed E-state index contributed by atoms with van der Waals surface area (Å²) in [6.45, 7) is 1.44. The fraction of sp³-hybridized carbons (Fsp3) is 0.350. The lowest BCUT2D eigenvalue weighted by Crippen LogP contribution is -2.32. The van der Waals surface area contributed by atoms with Gasteiger partial charge in [0.05, 0.1) is 31.2 Å². The van der Waals surface area contributed by atoms with Crippen LogP contribution in [-0.4, -0.2) is 40.9 Å². The van der Waals surface area contributed by atoms with Crippen LogP contribution in [0.1, 0.15) is 18.4 Å². The molecule has 36 heavy (non-hydrogen) atoms. The van der Waals surface area contributed by atoms with Gasteiger partial charge in [0, 0.05) is 25.4 Å². The van der Waals surface area contributed by atoms with Gasteiger partial charge in [0.1, 0.15) is 18.5 Å². The molecule has 1 aromatic carbocycles. The van der Waals surface area contributed by atoms with E-state index in [1.807, 2.05) is 0 Å². The van der Waals surface area contributed by atoms with Crippen LogP contribution in [-0.2, 0) is 36.2 Å². The smallest absolute Gasteiger partial charge is 0.413 e. The van der Waals surface area contributed by atoms with Gasteiger partial charge in [-0.05, 0) is 18.2 Å². The van der Waals surface area contributed by atoms with Crippen molar-refractivity contribution < 1.29 is 35.4 Å². The maximum atomic E-state index is 13.5. The van der Waals surface area contributed by atoms with E-state index < -0.39 is 39.2 Å². The highest BCUT2D eigenvalue weighted by molar-refractivity contribution is 7.92. The number of aryl methyl sites for hydroxylation is 2. The van der Waals surface area contributed by atoms with Crippen LogP contribution in [0.4, 0.5) is 26.3 Å². The Labute approximate surface area is 198 Å². The van der Waals surface area contributed by atoms with Crippen LogP contribution in [0, 0.1) is 4.78 Å². The van der Waals surface area contributed by atoms with Gasteiger partial charge < -0.3 is 14.0 Å². The molecule has 9 nitrogen and oxygen atoms in total. The van der Waals surface area contributed by atoms with E-state index in [0.717, 1.165) is 35.4 Å². The van der Waals surface area contributed by atoms with E-state index in [1.54, 1.807) is 0 Å². The number of nitrogens with zero attached hydrogens (tertiary/aromatic N) is 5. The van der Waals surface area contributed by atoms with Gasteiger partial charge in [-0.25, -0.2) is 19.0 Å². The number of hydrogen-bond acceptors (Lipinski definition) is 6. The molecule has 0 amide bonds. The molecule has 1 unspecified atom stereocenters. The normalized spacial score (nSPS) is 14.5. The summed E-state index contributed by atoms with van der Waals surface area (Å²) < 4.78 is 104. The zero-order valence-electron chi connectivity index (χ0n) is 19.1. The summed E-state index contributed by atoms with van der Waals surface area (Å²) in [6, 6.07) is 2.84. The molecule has 0 fully saturated rings. The molecule has 1 atom stereocenters. The summed E-state index contributed by atoms with van der Waals surface area (Å²) in [6.07, 6.45) is -9.77. The van der Waals surface area contributed by atoms with E-state index in [4.69, 9.17) is 4.78 Å². The fourth-order valence-corrected chi connectivity index (χ4v) is 5.08. The van der Waals surface area contributed by atoms with Crippen LogP contribution in [0.5, 0.6) is 0 Å². The molecule has 0 aliphatic rings. The topological polar surface area (TPSA) is 108 Å². The first-order valence-electron chi connectivity index (χ1n) is 10.1. The van der Waals surface area contributed by atoms with E-state index in [1.165, 1.54) is 14.0 Å². The maximum Gasteiger partial charge on any atom is 0.449 e. The molecular weight excluding hydrogens is 518 g/mol. The largest absolute Gasteiger partial charge is 0.449 e. The first-order chi connectivity index (χ1) is 16.5. The standard InChI is InChI=1S/C20H18F6N6O3S/c1-5-36(27,34)13-8-12-10(29-18(30(12)2)20(24,25)26)6-9(13)16-28-11-7-14(19(21,22)23)32(35-4)17(33)15(11)31(16)3/h6-8,27H,5H2,1-4H3. The average molecular weight is 536 g/mol. The zero-order valence-corrected chi connectivity index (χ0v) is 19.9. The van der Waals surface area contributed by atoms with Crippen LogP contribution in [0.15, 0.2) is 27.9 Å². The number of benzene rings is 1. The van der Waals surface area contributed by atoms with Gasteiger partial charge >= 0.3 is 17.9 Å². The van der Waals surface area contributed by atoms with Crippen molar-refractivity contribution in [2.24, 2.45) is 14.1 Å². The minimum absolute atomic E-state index is 0.0476. The number of fused-ring (bicyclic) bond motifs is 2. The van der Waals surface area contributed by atoms with Crippen molar-refractivity contribution in [3.63, 3.8) is 0 Å². The van der Waals surface area contributed by atoms with E-state index >= 15 is 0 Å². The highest BCUT2D eigenvalue weighted by Crippen LogP contribution is 2.37. The van der Waals surface area contributed by atoms with Crippen molar-refractivity contribution in [2.75, 3.05) is 12.9 Å². The van der Waals surface area contributed by atoms with Crippen LogP contribution in [0.3, 0.4) is 0 Å². The lowest BCUT2D eigenvalue weighted by molar-refractivity contribution is -0.151. The van der Waals surface area contributed by atoms with E-state index in [2.05, 4.69) is 14.8 Å². The second kappa shape index (κ2) is 7.97. The van der Waals surface area contributed by atoms with Crippen LogP contribution >= 0.6 is 0 Å². The Morgan fingerprint density at radius 1 is 1.00 bits per heavy atom. The minimum atomic E-state index is -4.97. The fourth-order valence-electron chi connectivity index (χ4n) is 3.96. The third-order valence-electron chi connectivity index (χ3n) is 5.71. The first kappa shape index (κ1) is 25.5. The minimum Gasteiger partial charge on any atom is -0.413 e. The molecule has 4 aromatic rings. The number of pyridine rings is 1. The predicted molar refractivity (Wildman–Crippen MR) is 117 cm³/mol. The van der Waals surface area contributed by atoms with Crippen molar-refractivity contribution in [1.82, 2.24) is 23.8 Å². The third-order valence-corrected chi connectivity index (χ3v) is 7.57. The molecule has 0 aliphatic heterocycles. The number of imidazole rings is 2. The Morgan fingerprint density at radius 2 is 1.64 bits per heavy atom. The average Bonchev–Trinajstić information content (AvgIpc) is 3.29. The van der Waals surface area contributed by atoms with E-state index in [9.17, 15) is 35.3 Å². The summed E-state index contributed by atoms with van der Waals surface area (Å²) in [4.78, 5) is 25.0. The lowest BCUT2D eigenvalue weighted by Gasteiger charge is -2.14. The molecule has 0 spiro atoms. The van der Waals surface area contributed by atoms with Crippen LogP contribution in [0.25, 0.3) is 33.5 Å². The highest BCUT2D eigenvalue weighted by atomic mass is 32.2. The van der Waals surface area contributed by atoms with Gasteiger partial charge in [0.15, 0.2) is 5.69 Å². The Morgan fingerprint density at radius 3 is 2.17 bits per heavy atom. The lowest BCUT2D eigenvalue weighted by atomic mass is 10.2. The third kappa shape index (κ3) is 3.79. The zero-order chi connectivity index (χ0) is 27.0. The number of halogens is 6. The molecule has 16 heteroatoms. The van der Waals surface area contributed by atoms with Crippen molar-refractivity contribution in [3.05, 3.63) is 40.1 Å². The van der Waals surface area contributed by atoms with Gasteiger partial charge in [-0.15, -0.1) is 4.73 Å². The number of hydrogen-bond donors (Lipinski definition) is 1. The molecule has 0 aliphatic carbocycles. The number of aromatic nitrogens is 5. The predicted octanol–water partition coefficient (Wildman–Crippen LogP) is 3.81. The van der Waals surface area contributed by atoms with E-state index in [0.29, 0.717) is 6.07 Å². The van der Waals surface area contributed by atoms with Gasteiger partial charge in [-0.3, -0.25) is 4.79 Å². The second-order valence-corrected chi connectivity index (χ2v) is 10.2.